The van der Waals surface area contributed by atoms with Crippen molar-refractivity contribution in [2.24, 2.45) is 0 Å². The molecule has 0 bridgehead atoms. The Hall–Kier alpha value is -2.60. The molecule has 0 spiro atoms. The summed E-state index contributed by atoms with van der Waals surface area (Å²) >= 11 is 1.54. The van der Waals surface area contributed by atoms with Crippen molar-refractivity contribution in [1.82, 2.24) is 4.98 Å². The van der Waals surface area contributed by atoms with Gasteiger partial charge in [0, 0.05) is 12.7 Å². The number of aryl methyl sites for hydroxylation is 1. The van der Waals surface area contributed by atoms with Crippen molar-refractivity contribution >= 4 is 38.3 Å². The van der Waals surface area contributed by atoms with Crippen LogP contribution in [0.5, 0.6) is 5.75 Å². The normalized spacial score (nSPS) is 10.7. The predicted molar refractivity (Wildman–Crippen MR) is 104 cm³/mol. The van der Waals surface area contributed by atoms with Gasteiger partial charge in [-0.05, 0) is 36.2 Å². The lowest BCUT2D eigenvalue weighted by Crippen LogP contribution is -2.29. The Morgan fingerprint density at radius 2 is 2.00 bits per heavy atom. The molecule has 1 N–H and O–H groups in total. The summed E-state index contributed by atoms with van der Waals surface area (Å²) in [6.45, 7) is 2.34. The summed E-state index contributed by atoms with van der Waals surface area (Å²) < 4.78 is 6.38. The summed E-state index contributed by atoms with van der Waals surface area (Å²) in [6.07, 6.45) is 0.984. The Labute approximate surface area is 151 Å². The second kappa shape index (κ2) is 7.53. The molecule has 0 saturated heterocycles. The molecule has 0 atom stereocenters. The molecule has 0 aliphatic heterocycles. The number of hydrogen-bond donors (Lipinski definition) is 1. The zero-order valence-electron chi connectivity index (χ0n) is 14.6. The first-order valence-electron chi connectivity index (χ1n) is 8.14. The highest BCUT2D eigenvalue weighted by Gasteiger charge is 2.14. The van der Waals surface area contributed by atoms with Gasteiger partial charge in [0.2, 0.25) is 5.91 Å². The predicted octanol–water partition coefficient (Wildman–Crippen LogP) is 3.94. The van der Waals surface area contributed by atoms with Crippen LogP contribution in [-0.4, -0.2) is 31.6 Å². The second-order valence-corrected chi connectivity index (χ2v) is 6.77. The first kappa shape index (κ1) is 17.2. The number of anilines is 2. The molecule has 0 radical (unpaired) electrons. The Balaban J connectivity index is 1.68. The fraction of sp³-hybridized carbons (Fsp3) is 0.263. The fourth-order valence-electron chi connectivity index (χ4n) is 2.55. The molecular weight excluding hydrogens is 334 g/mol. The van der Waals surface area contributed by atoms with Gasteiger partial charge in [0.1, 0.15) is 11.3 Å². The molecule has 3 aromatic rings. The Morgan fingerprint density at radius 1 is 1.24 bits per heavy atom. The number of carbonyl (C=O) groups excluding carboxylic acids is 1. The van der Waals surface area contributed by atoms with Crippen LogP contribution in [0, 0.1) is 0 Å². The van der Waals surface area contributed by atoms with E-state index in [1.165, 1.54) is 5.56 Å². The van der Waals surface area contributed by atoms with Gasteiger partial charge in [-0.25, -0.2) is 4.98 Å². The molecule has 1 heterocycles. The van der Waals surface area contributed by atoms with E-state index in [2.05, 4.69) is 17.2 Å². The molecule has 1 amide bonds. The molecule has 25 heavy (non-hydrogen) atoms. The van der Waals surface area contributed by atoms with Gasteiger partial charge in [-0.2, -0.15) is 0 Å². The first-order valence-corrected chi connectivity index (χ1v) is 8.96. The largest absolute Gasteiger partial charge is 0.494 e. The maximum absolute atomic E-state index is 12.3. The van der Waals surface area contributed by atoms with Gasteiger partial charge in [0.25, 0.3) is 0 Å². The molecule has 5 nitrogen and oxygen atoms in total. The molecule has 1 aromatic heterocycles. The monoisotopic (exact) mass is 355 g/mol. The van der Waals surface area contributed by atoms with Crippen molar-refractivity contribution in [1.29, 1.82) is 0 Å². The van der Waals surface area contributed by atoms with E-state index in [9.17, 15) is 4.79 Å². The molecule has 0 aliphatic rings. The van der Waals surface area contributed by atoms with E-state index in [0.717, 1.165) is 33.2 Å². The molecule has 130 valence electrons. The molecule has 3 rings (SSSR count). The van der Waals surface area contributed by atoms with Crippen LogP contribution in [0.15, 0.2) is 42.5 Å². The van der Waals surface area contributed by atoms with Crippen molar-refractivity contribution in [3.8, 4) is 5.75 Å². The number of methoxy groups -OCH3 is 1. The first-order chi connectivity index (χ1) is 12.1. The number of thiazole rings is 1. The number of likely N-dealkylation sites (N-methyl/N-ethyl adjacent to an activating group) is 1. The van der Waals surface area contributed by atoms with Crippen molar-refractivity contribution < 1.29 is 9.53 Å². The number of benzene rings is 2. The standard InChI is InChI=1S/C19H21N3O2S/c1-4-13-8-10-14(11-9-13)20-17(23)12-22(2)19-21-18-15(24-3)6-5-7-16(18)25-19/h5-11H,4,12H2,1-3H3,(H,20,23). The lowest BCUT2D eigenvalue weighted by Gasteiger charge is -2.15. The quantitative estimate of drug-likeness (QED) is 0.728. The maximum atomic E-state index is 12.3. The van der Waals surface area contributed by atoms with Gasteiger partial charge >= 0.3 is 0 Å². The van der Waals surface area contributed by atoms with Gasteiger partial charge in [0.05, 0.1) is 18.4 Å². The van der Waals surface area contributed by atoms with Crippen LogP contribution >= 0.6 is 11.3 Å². The van der Waals surface area contributed by atoms with Crippen LogP contribution in [0.3, 0.4) is 0 Å². The van der Waals surface area contributed by atoms with Crippen LogP contribution < -0.4 is 15.0 Å². The highest BCUT2D eigenvalue weighted by Crippen LogP contribution is 2.33. The van der Waals surface area contributed by atoms with E-state index in [1.807, 2.05) is 54.4 Å². The fourth-order valence-corrected chi connectivity index (χ4v) is 3.49. The van der Waals surface area contributed by atoms with Crippen molar-refractivity contribution in [2.45, 2.75) is 13.3 Å². The van der Waals surface area contributed by atoms with Crippen LogP contribution in [-0.2, 0) is 11.2 Å². The summed E-state index contributed by atoms with van der Waals surface area (Å²) in [5.74, 6) is 0.673. The van der Waals surface area contributed by atoms with Crippen LogP contribution in [0.1, 0.15) is 12.5 Å². The number of nitrogens with zero attached hydrogens (tertiary/aromatic N) is 2. The van der Waals surface area contributed by atoms with Gasteiger partial charge in [0.15, 0.2) is 5.13 Å². The topological polar surface area (TPSA) is 54.5 Å². The van der Waals surface area contributed by atoms with Crippen molar-refractivity contribution in [2.75, 3.05) is 30.9 Å². The molecule has 0 unspecified atom stereocenters. The van der Waals surface area contributed by atoms with E-state index < -0.39 is 0 Å². The minimum Gasteiger partial charge on any atom is -0.494 e. The zero-order chi connectivity index (χ0) is 17.8. The van der Waals surface area contributed by atoms with Crippen molar-refractivity contribution in [3.05, 3.63) is 48.0 Å². The lowest BCUT2D eigenvalue weighted by molar-refractivity contribution is -0.114. The summed E-state index contributed by atoms with van der Waals surface area (Å²) in [6, 6.07) is 13.7. The van der Waals surface area contributed by atoms with Crippen molar-refractivity contribution in [3.63, 3.8) is 0 Å². The molecule has 0 aliphatic carbocycles. The molecule has 0 fully saturated rings. The van der Waals surface area contributed by atoms with Gasteiger partial charge in [-0.15, -0.1) is 0 Å². The summed E-state index contributed by atoms with van der Waals surface area (Å²) in [4.78, 5) is 18.7. The second-order valence-electron chi connectivity index (χ2n) is 5.76. The Kier molecular flexibility index (Phi) is 5.19. The smallest absolute Gasteiger partial charge is 0.243 e. The number of para-hydroxylation sites is 1. The SMILES string of the molecule is CCc1ccc(NC(=O)CN(C)c2nc3c(OC)cccc3s2)cc1. The zero-order valence-corrected chi connectivity index (χ0v) is 15.4. The van der Waals surface area contributed by atoms with Crippen LogP contribution in [0.25, 0.3) is 10.2 Å². The average Bonchev–Trinajstić information content (AvgIpc) is 3.06. The number of hydrogen-bond acceptors (Lipinski definition) is 5. The highest BCUT2D eigenvalue weighted by molar-refractivity contribution is 7.22. The third kappa shape index (κ3) is 3.91. The highest BCUT2D eigenvalue weighted by atomic mass is 32.1. The minimum absolute atomic E-state index is 0.0713. The number of aromatic nitrogens is 1. The van der Waals surface area contributed by atoms with Crippen LogP contribution in [0.2, 0.25) is 0 Å². The summed E-state index contributed by atoms with van der Waals surface area (Å²) in [5, 5.41) is 3.71. The van der Waals surface area contributed by atoms with Crippen LogP contribution in [0.4, 0.5) is 10.8 Å². The number of nitrogens with one attached hydrogen (secondary N) is 1. The van der Waals surface area contributed by atoms with E-state index in [-0.39, 0.29) is 12.5 Å². The average molecular weight is 355 g/mol. The number of rotatable bonds is 6. The Bertz CT molecular complexity index is 874. The summed E-state index contributed by atoms with van der Waals surface area (Å²) in [7, 11) is 3.50. The molecule has 0 saturated carbocycles. The molecule has 2 aromatic carbocycles. The summed E-state index contributed by atoms with van der Waals surface area (Å²) in [5.41, 5.74) is 2.88. The van der Waals surface area contributed by atoms with E-state index in [0.29, 0.717) is 0 Å². The Morgan fingerprint density at radius 3 is 2.68 bits per heavy atom. The number of fused-ring (bicyclic) bond motifs is 1. The molecular formula is C19H21N3O2S. The van der Waals surface area contributed by atoms with E-state index >= 15 is 0 Å². The lowest BCUT2D eigenvalue weighted by atomic mass is 10.1. The number of ether oxygens (including phenoxy) is 1. The third-order valence-electron chi connectivity index (χ3n) is 3.94. The van der Waals surface area contributed by atoms with Gasteiger partial charge in [-0.1, -0.05) is 36.5 Å². The number of amides is 1. The van der Waals surface area contributed by atoms with Gasteiger partial charge in [-0.3, -0.25) is 4.79 Å². The van der Waals surface area contributed by atoms with E-state index in [1.54, 1.807) is 18.4 Å². The van der Waals surface area contributed by atoms with Gasteiger partial charge < -0.3 is 15.0 Å². The molecule has 6 heteroatoms. The third-order valence-corrected chi connectivity index (χ3v) is 5.08. The maximum Gasteiger partial charge on any atom is 0.243 e. The number of carbonyl (C=O) groups is 1. The van der Waals surface area contributed by atoms with E-state index in [4.69, 9.17) is 4.74 Å². The minimum atomic E-state index is -0.0713.